The molecular formula is C17H30ClN3O4S. The quantitative estimate of drug-likeness (QED) is 0.276. The van der Waals surface area contributed by atoms with Crippen LogP contribution in [0.5, 0.6) is 0 Å². The van der Waals surface area contributed by atoms with E-state index < -0.39 is 29.6 Å². The lowest BCUT2D eigenvalue weighted by Gasteiger charge is -2.28. The molecule has 0 radical (unpaired) electrons. The van der Waals surface area contributed by atoms with E-state index in [0.29, 0.717) is 5.70 Å². The second kappa shape index (κ2) is 9.97. The molecule has 0 aromatic heterocycles. The van der Waals surface area contributed by atoms with Gasteiger partial charge in [-0.3, -0.25) is 5.32 Å². The van der Waals surface area contributed by atoms with Gasteiger partial charge in [0.15, 0.2) is 0 Å². The number of rotatable bonds is 5. The van der Waals surface area contributed by atoms with Crippen molar-refractivity contribution in [3.63, 3.8) is 0 Å². The molecule has 0 saturated heterocycles. The Morgan fingerprint density at radius 1 is 1.08 bits per heavy atom. The molecule has 0 bridgehead atoms. The lowest BCUT2D eigenvalue weighted by Crippen LogP contribution is -2.45. The van der Waals surface area contributed by atoms with Crippen LogP contribution in [0.2, 0.25) is 0 Å². The predicted molar refractivity (Wildman–Crippen MR) is 107 cm³/mol. The second-order valence-electron chi connectivity index (χ2n) is 7.61. The predicted octanol–water partition coefficient (Wildman–Crippen LogP) is 4.17. The fraction of sp³-hybridized carbons (Fsp3) is 0.647. The highest BCUT2D eigenvalue weighted by Crippen LogP contribution is 2.15. The van der Waals surface area contributed by atoms with Gasteiger partial charge < -0.3 is 19.7 Å². The van der Waals surface area contributed by atoms with Gasteiger partial charge in [0.25, 0.3) is 0 Å². The summed E-state index contributed by atoms with van der Waals surface area (Å²) < 4.78 is 10.4. The summed E-state index contributed by atoms with van der Waals surface area (Å²) in [6, 6.07) is 0. The normalized spacial score (nSPS) is 14.4. The van der Waals surface area contributed by atoms with Gasteiger partial charge in [0.1, 0.15) is 22.5 Å². The number of hydrogen-bond acceptors (Lipinski definition) is 6. The number of halogens is 1. The number of hydrogen-bond donors (Lipinski definition) is 3. The van der Waals surface area contributed by atoms with Crippen LogP contribution in [-0.4, -0.2) is 41.5 Å². The Hall–Kier alpha value is -1.54. The van der Waals surface area contributed by atoms with Crippen LogP contribution in [0.4, 0.5) is 9.59 Å². The number of allylic oxidation sites excluding steroid dienone is 1. The van der Waals surface area contributed by atoms with Gasteiger partial charge in [-0.2, -0.15) is 0 Å². The zero-order valence-corrected chi connectivity index (χ0v) is 18.3. The molecule has 26 heavy (non-hydrogen) atoms. The number of ether oxygens (including phenoxy) is 2. The minimum absolute atomic E-state index is 0.268. The Labute approximate surface area is 166 Å². The molecule has 1 unspecified atom stereocenters. The largest absolute Gasteiger partial charge is 0.444 e. The van der Waals surface area contributed by atoms with Crippen LogP contribution in [0.1, 0.15) is 48.5 Å². The first-order valence-corrected chi connectivity index (χ1v) is 8.98. The lowest BCUT2D eigenvalue weighted by atomic mass is 10.2. The van der Waals surface area contributed by atoms with Crippen molar-refractivity contribution in [2.75, 3.05) is 7.05 Å². The van der Waals surface area contributed by atoms with Crippen LogP contribution in [0.3, 0.4) is 0 Å². The highest BCUT2D eigenvalue weighted by Gasteiger charge is 2.20. The Morgan fingerprint density at radius 2 is 1.54 bits per heavy atom. The minimum atomic E-state index is -0.624. The lowest BCUT2D eigenvalue weighted by molar-refractivity contribution is 0.0467. The fourth-order valence-electron chi connectivity index (χ4n) is 1.52. The van der Waals surface area contributed by atoms with Crippen molar-refractivity contribution in [3.05, 3.63) is 22.3 Å². The van der Waals surface area contributed by atoms with Gasteiger partial charge in [0.2, 0.25) is 0 Å². The SMILES string of the molecule is CC(NC(=O)OC(C)(C)C)N(C)/C(Cl)=C\C(=C\S)NC(=O)OC(C)(C)C. The van der Waals surface area contributed by atoms with E-state index in [1.54, 1.807) is 60.4 Å². The molecule has 0 aliphatic heterocycles. The third kappa shape index (κ3) is 11.1. The molecular weight excluding hydrogens is 378 g/mol. The number of alkyl carbamates (subject to hydrolysis) is 2. The van der Waals surface area contributed by atoms with E-state index in [1.165, 1.54) is 11.5 Å². The fourth-order valence-corrected chi connectivity index (χ4v) is 1.92. The number of carbonyl (C=O) groups is 2. The summed E-state index contributed by atoms with van der Waals surface area (Å²) in [7, 11) is 1.69. The summed E-state index contributed by atoms with van der Waals surface area (Å²) in [6.45, 7) is 12.4. The zero-order chi connectivity index (χ0) is 20.7. The van der Waals surface area contributed by atoms with Crippen LogP contribution >= 0.6 is 24.2 Å². The van der Waals surface area contributed by atoms with E-state index in [0.717, 1.165) is 0 Å². The Balaban J connectivity index is 4.88. The molecule has 2 N–H and O–H groups in total. The average molecular weight is 408 g/mol. The van der Waals surface area contributed by atoms with Gasteiger partial charge in [-0.25, -0.2) is 9.59 Å². The molecule has 2 amide bonds. The molecule has 7 nitrogen and oxygen atoms in total. The van der Waals surface area contributed by atoms with E-state index >= 15 is 0 Å². The first-order valence-electron chi connectivity index (χ1n) is 8.08. The molecule has 0 aliphatic carbocycles. The van der Waals surface area contributed by atoms with Crippen molar-refractivity contribution >= 4 is 36.4 Å². The van der Waals surface area contributed by atoms with Gasteiger partial charge >= 0.3 is 12.2 Å². The Bertz CT molecular complexity index is 565. The number of amides is 2. The summed E-state index contributed by atoms with van der Waals surface area (Å²) in [5, 5.41) is 6.86. The molecule has 0 aromatic carbocycles. The third-order valence-electron chi connectivity index (χ3n) is 2.70. The molecule has 1 atom stereocenters. The van der Waals surface area contributed by atoms with Crippen LogP contribution in [0.25, 0.3) is 0 Å². The molecule has 0 aliphatic rings. The molecule has 0 fully saturated rings. The highest BCUT2D eigenvalue weighted by atomic mass is 35.5. The summed E-state index contributed by atoms with van der Waals surface area (Å²) in [6.07, 6.45) is -0.137. The maximum Gasteiger partial charge on any atom is 0.412 e. The molecule has 150 valence electrons. The van der Waals surface area contributed by atoms with Crippen LogP contribution in [-0.2, 0) is 9.47 Å². The smallest absolute Gasteiger partial charge is 0.412 e. The van der Waals surface area contributed by atoms with E-state index in [1.807, 2.05) is 0 Å². The maximum atomic E-state index is 11.8. The molecule has 9 heteroatoms. The first-order chi connectivity index (χ1) is 11.6. The first kappa shape index (κ1) is 24.5. The second-order valence-corrected chi connectivity index (χ2v) is 8.26. The van der Waals surface area contributed by atoms with Gasteiger partial charge in [0.05, 0.1) is 5.70 Å². The van der Waals surface area contributed by atoms with Gasteiger partial charge in [0, 0.05) is 7.05 Å². The Morgan fingerprint density at radius 3 is 1.96 bits per heavy atom. The van der Waals surface area contributed by atoms with Gasteiger partial charge in [-0.1, -0.05) is 11.6 Å². The number of carbonyl (C=O) groups excluding carboxylic acids is 2. The molecule has 0 spiro atoms. The average Bonchev–Trinajstić information content (AvgIpc) is 2.41. The summed E-state index contributed by atoms with van der Waals surface area (Å²) in [5.74, 6) is 0. The molecule has 0 aromatic rings. The van der Waals surface area contributed by atoms with Crippen LogP contribution < -0.4 is 10.6 Å². The number of nitrogens with one attached hydrogen (secondary N) is 2. The highest BCUT2D eigenvalue weighted by molar-refractivity contribution is 7.83. The van der Waals surface area contributed by atoms with E-state index in [2.05, 4.69) is 23.3 Å². The molecule has 0 heterocycles. The molecule has 0 saturated carbocycles. The monoisotopic (exact) mass is 407 g/mol. The summed E-state index contributed by atoms with van der Waals surface area (Å²) >= 11 is 10.3. The van der Waals surface area contributed by atoms with Crippen molar-refractivity contribution in [1.82, 2.24) is 15.5 Å². The van der Waals surface area contributed by atoms with E-state index in [4.69, 9.17) is 21.1 Å². The van der Waals surface area contributed by atoms with Crippen molar-refractivity contribution in [1.29, 1.82) is 0 Å². The van der Waals surface area contributed by atoms with Crippen LogP contribution in [0, 0.1) is 0 Å². The van der Waals surface area contributed by atoms with Crippen molar-refractivity contribution in [3.8, 4) is 0 Å². The minimum Gasteiger partial charge on any atom is -0.444 e. The summed E-state index contributed by atoms with van der Waals surface area (Å²) in [4.78, 5) is 25.3. The van der Waals surface area contributed by atoms with Crippen molar-refractivity contribution < 1.29 is 19.1 Å². The Kier molecular flexibility index (Phi) is 9.38. The van der Waals surface area contributed by atoms with Crippen LogP contribution in [0.15, 0.2) is 22.3 Å². The van der Waals surface area contributed by atoms with E-state index in [9.17, 15) is 9.59 Å². The summed E-state index contributed by atoms with van der Waals surface area (Å²) in [5.41, 5.74) is -0.882. The van der Waals surface area contributed by atoms with E-state index in [-0.39, 0.29) is 5.16 Å². The molecule has 0 rings (SSSR count). The maximum absolute atomic E-state index is 11.8. The number of nitrogens with zero attached hydrogens (tertiary/aromatic N) is 1. The third-order valence-corrected chi connectivity index (χ3v) is 3.36. The zero-order valence-electron chi connectivity index (χ0n) is 16.6. The van der Waals surface area contributed by atoms with Gasteiger partial charge in [-0.15, -0.1) is 12.6 Å². The van der Waals surface area contributed by atoms with Crippen molar-refractivity contribution in [2.45, 2.75) is 65.8 Å². The number of thiol groups is 1. The standard InChI is InChI=1S/C17H30ClN3O4S/c1-11(19-14(22)24-16(2,3)4)21(8)13(18)9-12(10-26)20-15(23)25-17(5,6)7/h9-11,26H,1-8H3,(H,19,22)(H,20,23)/b12-10-,13-9-. The topological polar surface area (TPSA) is 79.9 Å². The van der Waals surface area contributed by atoms with Gasteiger partial charge in [-0.05, 0) is 60.0 Å². The van der Waals surface area contributed by atoms with Crippen molar-refractivity contribution in [2.24, 2.45) is 0 Å².